The molecule has 0 radical (unpaired) electrons. The van der Waals surface area contributed by atoms with Crippen molar-refractivity contribution in [2.75, 3.05) is 24.3 Å². The fourth-order valence-corrected chi connectivity index (χ4v) is 3.94. The molecule has 0 aliphatic carbocycles. The minimum atomic E-state index is -0.178. The Labute approximate surface area is 178 Å². The number of hydrogen-bond donors (Lipinski definition) is 1. The SMILES string of the molecule is O=C(CSc1nncn1-c1cccc(Cl)c1)Nc1cc2c(cc1Br)OCCO2. The highest BCUT2D eigenvalue weighted by molar-refractivity contribution is 9.10. The number of carbonyl (C=O) groups excluding carboxylic acids is 1. The van der Waals surface area contributed by atoms with Crippen molar-refractivity contribution in [3.05, 3.63) is 52.2 Å². The largest absolute Gasteiger partial charge is 0.486 e. The predicted molar refractivity (Wildman–Crippen MR) is 111 cm³/mol. The van der Waals surface area contributed by atoms with Crippen LogP contribution >= 0.6 is 39.3 Å². The zero-order valence-corrected chi connectivity index (χ0v) is 17.6. The number of benzene rings is 2. The van der Waals surface area contributed by atoms with E-state index in [-0.39, 0.29) is 11.7 Å². The molecule has 28 heavy (non-hydrogen) atoms. The minimum Gasteiger partial charge on any atom is -0.486 e. The van der Waals surface area contributed by atoms with Gasteiger partial charge in [0.05, 0.1) is 17.1 Å². The molecule has 10 heteroatoms. The summed E-state index contributed by atoms with van der Waals surface area (Å²) in [5, 5.41) is 12.1. The van der Waals surface area contributed by atoms with Crippen molar-refractivity contribution in [3.63, 3.8) is 0 Å². The van der Waals surface area contributed by atoms with Crippen LogP contribution in [0.15, 0.2) is 52.4 Å². The van der Waals surface area contributed by atoms with Gasteiger partial charge in [-0.3, -0.25) is 9.36 Å². The van der Waals surface area contributed by atoms with Gasteiger partial charge in [0.15, 0.2) is 16.7 Å². The van der Waals surface area contributed by atoms with E-state index in [0.717, 1.165) is 10.2 Å². The fourth-order valence-electron chi connectivity index (χ4n) is 2.60. The third-order valence-corrected chi connectivity index (χ3v) is 5.68. The average Bonchev–Trinajstić information content (AvgIpc) is 3.16. The number of nitrogens with zero attached hydrogens (tertiary/aromatic N) is 3. The first kappa shape index (κ1) is 19.1. The molecule has 0 fully saturated rings. The number of rotatable bonds is 5. The molecule has 1 amide bonds. The molecule has 0 atom stereocenters. The van der Waals surface area contributed by atoms with Gasteiger partial charge in [0.1, 0.15) is 19.5 Å². The number of anilines is 1. The molecule has 1 aliphatic heterocycles. The van der Waals surface area contributed by atoms with Gasteiger partial charge in [-0.15, -0.1) is 10.2 Å². The Balaban J connectivity index is 1.43. The Morgan fingerprint density at radius 1 is 1.25 bits per heavy atom. The third kappa shape index (κ3) is 4.26. The van der Waals surface area contributed by atoms with Crippen LogP contribution in [0, 0.1) is 0 Å². The average molecular weight is 482 g/mol. The van der Waals surface area contributed by atoms with E-state index in [2.05, 4.69) is 31.4 Å². The van der Waals surface area contributed by atoms with Crippen LogP contribution in [0.1, 0.15) is 0 Å². The van der Waals surface area contributed by atoms with E-state index in [1.165, 1.54) is 11.8 Å². The monoisotopic (exact) mass is 480 g/mol. The van der Waals surface area contributed by atoms with Crippen molar-refractivity contribution in [2.24, 2.45) is 0 Å². The molecule has 7 nitrogen and oxygen atoms in total. The maximum absolute atomic E-state index is 12.4. The molecule has 1 aliphatic rings. The second-order valence-electron chi connectivity index (χ2n) is 5.78. The predicted octanol–water partition coefficient (Wildman–Crippen LogP) is 4.19. The normalized spacial score (nSPS) is 12.6. The lowest BCUT2D eigenvalue weighted by atomic mass is 10.2. The summed E-state index contributed by atoms with van der Waals surface area (Å²) in [7, 11) is 0. The van der Waals surface area contributed by atoms with E-state index in [1.807, 2.05) is 12.1 Å². The summed E-state index contributed by atoms with van der Waals surface area (Å²) < 4.78 is 13.6. The van der Waals surface area contributed by atoms with Crippen molar-refractivity contribution < 1.29 is 14.3 Å². The van der Waals surface area contributed by atoms with Crippen molar-refractivity contribution in [1.82, 2.24) is 14.8 Å². The quantitative estimate of drug-likeness (QED) is 0.551. The molecule has 144 valence electrons. The summed E-state index contributed by atoms with van der Waals surface area (Å²) in [6, 6.07) is 10.9. The molecule has 3 aromatic rings. The van der Waals surface area contributed by atoms with E-state index in [1.54, 1.807) is 35.2 Å². The summed E-state index contributed by atoms with van der Waals surface area (Å²) in [4.78, 5) is 12.4. The number of fused-ring (bicyclic) bond motifs is 1. The Hall–Kier alpha value is -2.23. The molecule has 0 unspecified atom stereocenters. The summed E-state index contributed by atoms with van der Waals surface area (Å²) in [5.41, 5.74) is 1.45. The Morgan fingerprint density at radius 3 is 2.82 bits per heavy atom. The number of thioether (sulfide) groups is 1. The lowest BCUT2D eigenvalue weighted by Crippen LogP contribution is -2.17. The van der Waals surface area contributed by atoms with Gasteiger partial charge in [0.2, 0.25) is 5.91 Å². The Morgan fingerprint density at radius 2 is 2.04 bits per heavy atom. The maximum atomic E-state index is 12.4. The lowest BCUT2D eigenvalue weighted by molar-refractivity contribution is -0.113. The molecule has 1 aromatic heterocycles. The number of aromatic nitrogens is 3. The zero-order chi connectivity index (χ0) is 19.5. The first-order chi connectivity index (χ1) is 13.6. The van der Waals surface area contributed by atoms with Crippen molar-refractivity contribution in [3.8, 4) is 17.2 Å². The molecule has 2 aromatic carbocycles. The van der Waals surface area contributed by atoms with Crippen molar-refractivity contribution in [2.45, 2.75) is 5.16 Å². The lowest BCUT2D eigenvalue weighted by Gasteiger charge is -2.20. The van der Waals surface area contributed by atoms with Crippen molar-refractivity contribution >= 4 is 50.9 Å². The van der Waals surface area contributed by atoms with Gasteiger partial charge in [-0.2, -0.15) is 0 Å². The standard InChI is InChI=1S/C18H14BrClN4O3S/c19-13-7-15-16(27-5-4-26-15)8-14(13)22-17(25)9-28-18-23-21-10-24(18)12-3-1-2-11(20)6-12/h1-3,6-8,10H,4-5,9H2,(H,22,25). The van der Waals surface area contributed by atoms with Gasteiger partial charge < -0.3 is 14.8 Å². The molecule has 4 rings (SSSR count). The van der Waals surface area contributed by atoms with E-state index >= 15 is 0 Å². The van der Waals surface area contributed by atoms with Crippen LogP contribution in [0.5, 0.6) is 11.5 Å². The highest BCUT2D eigenvalue weighted by Gasteiger charge is 2.17. The van der Waals surface area contributed by atoms with Crippen LogP contribution in [-0.2, 0) is 4.79 Å². The summed E-state index contributed by atoms with van der Waals surface area (Å²) >= 11 is 10.8. The second kappa shape index (κ2) is 8.42. The van der Waals surface area contributed by atoms with E-state index in [4.69, 9.17) is 21.1 Å². The number of amides is 1. The number of ether oxygens (including phenoxy) is 2. The zero-order valence-electron chi connectivity index (χ0n) is 14.4. The third-order valence-electron chi connectivity index (χ3n) is 3.84. The molecule has 2 heterocycles. The highest BCUT2D eigenvalue weighted by Crippen LogP contribution is 2.38. The summed E-state index contributed by atoms with van der Waals surface area (Å²) in [5.74, 6) is 1.25. The van der Waals surface area contributed by atoms with Gasteiger partial charge in [-0.25, -0.2) is 0 Å². The van der Waals surface area contributed by atoms with Gasteiger partial charge in [0, 0.05) is 21.6 Å². The molecule has 0 saturated carbocycles. The number of nitrogens with one attached hydrogen (secondary N) is 1. The smallest absolute Gasteiger partial charge is 0.234 e. The summed E-state index contributed by atoms with van der Waals surface area (Å²) in [6.45, 7) is 0.992. The second-order valence-corrected chi connectivity index (χ2v) is 8.01. The summed E-state index contributed by atoms with van der Waals surface area (Å²) in [6.07, 6.45) is 1.59. The Bertz CT molecular complexity index is 1030. The van der Waals surface area contributed by atoms with Crippen LogP contribution in [0.25, 0.3) is 5.69 Å². The molecule has 0 bridgehead atoms. The highest BCUT2D eigenvalue weighted by atomic mass is 79.9. The molecule has 1 N–H and O–H groups in total. The van der Waals surface area contributed by atoms with Gasteiger partial charge in [-0.1, -0.05) is 29.4 Å². The number of carbonyl (C=O) groups is 1. The van der Waals surface area contributed by atoms with E-state index < -0.39 is 0 Å². The first-order valence-electron chi connectivity index (χ1n) is 8.28. The van der Waals surface area contributed by atoms with Gasteiger partial charge in [0.25, 0.3) is 0 Å². The molecule has 0 spiro atoms. The van der Waals surface area contributed by atoms with Crippen LogP contribution in [-0.4, -0.2) is 39.6 Å². The Kier molecular flexibility index (Phi) is 5.74. The fraction of sp³-hybridized carbons (Fsp3) is 0.167. The number of hydrogen-bond acceptors (Lipinski definition) is 6. The van der Waals surface area contributed by atoms with Crippen LogP contribution < -0.4 is 14.8 Å². The molecular formula is C18H14BrClN4O3S. The van der Waals surface area contributed by atoms with Crippen LogP contribution in [0.2, 0.25) is 5.02 Å². The van der Waals surface area contributed by atoms with Crippen LogP contribution in [0.4, 0.5) is 5.69 Å². The van der Waals surface area contributed by atoms with Gasteiger partial charge in [-0.05, 0) is 34.1 Å². The topological polar surface area (TPSA) is 78.3 Å². The first-order valence-corrected chi connectivity index (χ1v) is 10.4. The molecule has 0 saturated heterocycles. The van der Waals surface area contributed by atoms with Crippen LogP contribution in [0.3, 0.4) is 0 Å². The molecular weight excluding hydrogens is 468 g/mol. The minimum absolute atomic E-state index is 0.167. The van der Waals surface area contributed by atoms with E-state index in [9.17, 15) is 4.79 Å². The van der Waals surface area contributed by atoms with Gasteiger partial charge >= 0.3 is 0 Å². The number of halogens is 2. The van der Waals surface area contributed by atoms with E-state index in [0.29, 0.717) is 40.6 Å². The maximum Gasteiger partial charge on any atom is 0.234 e. The van der Waals surface area contributed by atoms with Crippen molar-refractivity contribution in [1.29, 1.82) is 0 Å².